The highest BCUT2D eigenvalue weighted by molar-refractivity contribution is 7.80. The number of hydrogen-bond acceptors (Lipinski definition) is 4. The zero-order valence-corrected chi connectivity index (χ0v) is 17.0. The normalized spacial score (nSPS) is 17.3. The van der Waals surface area contributed by atoms with Gasteiger partial charge in [-0.1, -0.05) is 48.5 Å². The van der Waals surface area contributed by atoms with Crippen LogP contribution in [0.1, 0.15) is 18.1 Å². The second-order valence-electron chi connectivity index (χ2n) is 7.19. The van der Waals surface area contributed by atoms with Crippen molar-refractivity contribution in [2.45, 2.75) is 31.8 Å². The molecular formula is C22H24N2O4S. The molecule has 2 amide bonds. The minimum Gasteiger partial charge on any atom is -0.480 e. The molecule has 0 unspecified atom stereocenters. The summed E-state index contributed by atoms with van der Waals surface area (Å²) in [5, 5.41) is 12.3. The van der Waals surface area contributed by atoms with Gasteiger partial charge >= 0.3 is 5.97 Å². The predicted molar refractivity (Wildman–Crippen MR) is 114 cm³/mol. The van der Waals surface area contributed by atoms with E-state index in [2.05, 4.69) is 17.9 Å². The number of carboxylic acids is 1. The topological polar surface area (TPSA) is 86.7 Å². The van der Waals surface area contributed by atoms with Crippen molar-refractivity contribution in [2.75, 3.05) is 10.7 Å². The lowest BCUT2D eigenvalue weighted by molar-refractivity contribution is -0.140. The molecule has 1 aliphatic rings. The number of amides is 2. The molecule has 2 N–H and O–H groups in total. The van der Waals surface area contributed by atoms with Gasteiger partial charge in [0.2, 0.25) is 11.8 Å². The van der Waals surface area contributed by atoms with Gasteiger partial charge in [-0.25, -0.2) is 4.79 Å². The summed E-state index contributed by atoms with van der Waals surface area (Å²) < 4.78 is 0. The SMILES string of the molecule is C[C@H](NC(=O)[C@@H](CS)Cc1ccccc1)C(=O)N1c2ccccc2C[C@H]1C(=O)O. The fraction of sp³-hybridized carbons (Fsp3) is 0.318. The molecular weight excluding hydrogens is 388 g/mol. The second-order valence-corrected chi connectivity index (χ2v) is 7.56. The Labute approximate surface area is 175 Å². The predicted octanol–water partition coefficient (Wildman–Crippen LogP) is 2.32. The number of thiol groups is 1. The van der Waals surface area contributed by atoms with Crippen LogP contribution in [-0.2, 0) is 27.2 Å². The zero-order chi connectivity index (χ0) is 21.0. The lowest BCUT2D eigenvalue weighted by Gasteiger charge is -2.27. The standard InChI is InChI=1S/C22H24N2O4S/c1-14(23-20(25)17(13-29)11-15-7-3-2-4-8-15)21(26)24-18-10-6-5-9-16(18)12-19(24)22(27)28/h2-10,14,17,19,29H,11-13H2,1H3,(H,23,25)(H,27,28)/t14-,17+,19-/m0/s1. The molecule has 6 nitrogen and oxygen atoms in total. The molecule has 0 spiro atoms. The molecule has 0 aromatic heterocycles. The van der Waals surface area contributed by atoms with Gasteiger partial charge in [-0.15, -0.1) is 0 Å². The Morgan fingerprint density at radius 3 is 2.45 bits per heavy atom. The summed E-state index contributed by atoms with van der Waals surface area (Å²) in [6, 6.07) is 14.9. The Morgan fingerprint density at radius 2 is 1.79 bits per heavy atom. The van der Waals surface area contributed by atoms with Gasteiger partial charge in [0.15, 0.2) is 0 Å². The first-order chi connectivity index (χ1) is 13.9. The second kappa shape index (κ2) is 9.13. The number of para-hydroxylation sites is 1. The van der Waals surface area contributed by atoms with Crippen LogP contribution in [0.15, 0.2) is 54.6 Å². The third-order valence-electron chi connectivity index (χ3n) is 5.14. The third kappa shape index (κ3) is 4.62. The van der Waals surface area contributed by atoms with Gasteiger partial charge in [-0.2, -0.15) is 12.6 Å². The number of nitrogens with one attached hydrogen (secondary N) is 1. The van der Waals surface area contributed by atoms with E-state index in [4.69, 9.17) is 0 Å². The first kappa shape index (κ1) is 20.9. The smallest absolute Gasteiger partial charge is 0.327 e. The van der Waals surface area contributed by atoms with Crippen molar-refractivity contribution >= 4 is 36.1 Å². The molecule has 152 valence electrons. The molecule has 0 saturated carbocycles. The van der Waals surface area contributed by atoms with E-state index in [9.17, 15) is 19.5 Å². The maximum Gasteiger partial charge on any atom is 0.327 e. The van der Waals surface area contributed by atoms with Gasteiger partial charge in [0.25, 0.3) is 0 Å². The number of fused-ring (bicyclic) bond motifs is 1. The van der Waals surface area contributed by atoms with E-state index in [1.54, 1.807) is 19.1 Å². The lowest BCUT2D eigenvalue weighted by Crippen LogP contribution is -2.53. The van der Waals surface area contributed by atoms with Gasteiger partial charge in [0.05, 0.1) is 5.92 Å². The van der Waals surface area contributed by atoms with E-state index in [1.165, 1.54) is 4.90 Å². The van der Waals surface area contributed by atoms with Gasteiger partial charge in [0.1, 0.15) is 12.1 Å². The molecule has 0 fully saturated rings. The zero-order valence-electron chi connectivity index (χ0n) is 16.1. The molecule has 3 atom stereocenters. The molecule has 29 heavy (non-hydrogen) atoms. The number of carboxylic acid groups (broad SMARTS) is 1. The fourth-order valence-corrected chi connectivity index (χ4v) is 3.89. The maximum absolute atomic E-state index is 13.1. The van der Waals surface area contributed by atoms with E-state index in [0.29, 0.717) is 17.9 Å². The van der Waals surface area contributed by atoms with E-state index >= 15 is 0 Å². The summed E-state index contributed by atoms with van der Waals surface area (Å²) in [4.78, 5) is 38.8. The van der Waals surface area contributed by atoms with Crippen LogP contribution in [0.2, 0.25) is 0 Å². The summed E-state index contributed by atoms with van der Waals surface area (Å²) in [5.74, 6) is -1.83. The fourth-order valence-electron chi connectivity index (χ4n) is 3.60. The highest BCUT2D eigenvalue weighted by Gasteiger charge is 2.40. The number of benzene rings is 2. The van der Waals surface area contributed by atoms with Gasteiger partial charge in [-0.3, -0.25) is 14.5 Å². The van der Waals surface area contributed by atoms with Crippen LogP contribution >= 0.6 is 12.6 Å². The number of nitrogens with zero attached hydrogens (tertiary/aromatic N) is 1. The highest BCUT2D eigenvalue weighted by Crippen LogP contribution is 2.32. The van der Waals surface area contributed by atoms with Crippen LogP contribution in [0.4, 0.5) is 5.69 Å². The average molecular weight is 413 g/mol. The molecule has 7 heteroatoms. The third-order valence-corrected chi connectivity index (χ3v) is 5.58. The molecule has 0 radical (unpaired) electrons. The minimum atomic E-state index is -1.06. The number of carbonyl (C=O) groups is 3. The molecule has 1 aliphatic heterocycles. The lowest BCUT2D eigenvalue weighted by atomic mass is 10.00. The summed E-state index contributed by atoms with van der Waals surface area (Å²) in [5.41, 5.74) is 2.41. The summed E-state index contributed by atoms with van der Waals surface area (Å²) in [6.45, 7) is 1.58. The van der Waals surface area contributed by atoms with Crippen molar-refractivity contribution < 1.29 is 19.5 Å². The van der Waals surface area contributed by atoms with Crippen LogP contribution in [0.5, 0.6) is 0 Å². The Kier molecular flexibility index (Phi) is 6.59. The van der Waals surface area contributed by atoms with Crippen LogP contribution in [0.3, 0.4) is 0 Å². The van der Waals surface area contributed by atoms with E-state index in [-0.39, 0.29) is 12.3 Å². The van der Waals surface area contributed by atoms with Gasteiger partial charge < -0.3 is 10.4 Å². The van der Waals surface area contributed by atoms with Crippen LogP contribution in [-0.4, -0.2) is 40.7 Å². The number of rotatable bonds is 7. The highest BCUT2D eigenvalue weighted by atomic mass is 32.1. The first-order valence-corrected chi connectivity index (χ1v) is 10.1. The Morgan fingerprint density at radius 1 is 1.14 bits per heavy atom. The molecule has 0 aliphatic carbocycles. The van der Waals surface area contributed by atoms with E-state index in [1.807, 2.05) is 42.5 Å². The largest absolute Gasteiger partial charge is 0.480 e. The maximum atomic E-state index is 13.1. The van der Waals surface area contributed by atoms with Crippen molar-refractivity contribution in [2.24, 2.45) is 5.92 Å². The Hall–Kier alpha value is -2.80. The summed E-state index contributed by atoms with van der Waals surface area (Å²) >= 11 is 4.29. The molecule has 0 bridgehead atoms. The molecule has 3 rings (SSSR count). The molecule has 2 aromatic rings. The van der Waals surface area contributed by atoms with Crippen molar-refractivity contribution in [3.63, 3.8) is 0 Å². The average Bonchev–Trinajstić information content (AvgIpc) is 3.12. The summed E-state index contributed by atoms with van der Waals surface area (Å²) in [7, 11) is 0. The van der Waals surface area contributed by atoms with Crippen LogP contribution in [0, 0.1) is 5.92 Å². The molecule has 0 saturated heterocycles. The number of hydrogen-bond donors (Lipinski definition) is 3. The van der Waals surface area contributed by atoms with Crippen molar-refractivity contribution in [1.29, 1.82) is 0 Å². The van der Waals surface area contributed by atoms with Gasteiger partial charge in [0, 0.05) is 17.9 Å². The molecule has 1 heterocycles. The summed E-state index contributed by atoms with van der Waals surface area (Å²) in [6.07, 6.45) is 0.770. The quantitative estimate of drug-likeness (QED) is 0.609. The van der Waals surface area contributed by atoms with Crippen LogP contribution in [0.25, 0.3) is 0 Å². The Bertz CT molecular complexity index is 903. The van der Waals surface area contributed by atoms with Gasteiger partial charge in [-0.05, 0) is 30.5 Å². The van der Waals surface area contributed by atoms with E-state index < -0.39 is 29.9 Å². The number of aliphatic carboxylic acids is 1. The monoisotopic (exact) mass is 412 g/mol. The minimum absolute atomic E-state index is 0.255. The van der Waals surface area contributed by atoms with Crippen LogP contribution < -0.4 is 10.2 Å². The first-order valence-electron chi connectivity index (χ1n) is 9.51. The van der Waals surface area contributed by atoms with Crippen molar-refractivity contribution in [3.8, 4) is 0 Å². The van der Waals surface area contributed by atoms with Crippen molar-refractivity contribution in [1.82, 2.24) is 5.32 Å². The number of carbonyl (C=O) groups excluding carboxylic acids is 2. The van der Waals surface area contributed by atoms with Crippen molar-refractivity contribution in [3.05, 3.63) is 65.7 Å². The number of anilines is 1. The molecule has 2 aromatic carbocycles. The van der Waals surface area contributed by atoms with E-state index in [0.717, 1.165) is 11.1 Å². The Balaban J connectivity index is 1.72.